The van der Waals surface area contributed by atoms with Gasteiger partial charge < -0.3 is 10.2 Å². The summed E-state index contributed by atoms with van der Waals surface area (Å²) in [5, 5.41) is 4.47. The lowest BCUT2D eigenvalue weighted by atomic mass is 10.0. The van der Waals surface area contributed by atoms with Gasteiger partial charge in [0, 0.05) is 28.8 Å². The normalized spacial score (nSPS) is 23.8. The predicted molar refractivity (Wildman–Crippen MR) is 79.7 cm³/mol. The van der Waals surface area contributed by atoms with Crippen LogP contribution in [0.3, 0.4) is 0 Å². The Labute approximate surface area is 115 Å². The van der Waals surface area contributed by atoms with E-state index in [1.54, 1.807) is 0 Å². The fraction of sp³-hybridized carbons (Fsp3) is 0.600. The Bertz CT molecular complexity index is 429. The molecule has 1 aliphatic heterocycles. The molecule has 2 nitrogen and oxygen atoms in total. The maximum absolute atomic E-state index is 6.25. The van der Waals surface area contributed by atoms with Crippen LogP contribution in [0.2, 0.25) is 5.02 Å². The van der Waals surface area contributed by atoms with Gasteiger partial charge in [0.05, 0.1) is 0 Å². The Morgan fingerprint density at radius 1 is 1.39 bits per heavy atom. The summed E-state index contributed by atoms with van der Waals surface area (Å²) in [5.41, 5.74) is 2.59. The van der Waals surface area contributed by atoms with Gasteiger partial charge in [-0.2, -0.15) is 0 Å². The van der Waals surface area contributed by atoms with E-state index in [1.165, 1.54) is 11.3 Å². The summed E-state index contributed by atoms with van der Waals surface area (Å²) in [6.07, 6.45) is 1.16. The van der Waals surface area contributed by atoms with Crippen molar-refractivity contribution in [3.05, 3.63) is 28.8 Å². The lowest BCUT2D eigenvalue weighted by Crippen LogP contribution is -2.47. The summed E-state index contributed by atoms with van der Waals surface area (Å²) in [4.78, 5) is 2.49. The molecule has 0 spiro atoms. The summed E-state index contributed by atoms with van der Waals surface area (Å²) in [6.45, 7) is 11.0. The van der Waals surface area contributed by atoms with Crippen LogP contribution in [0.1, 0.15) is 32.8 Å². The van der Waals surface area contributed by atoms with Gasteiger partial charge >= 0.3 is 0 Å². The number of anilines is 1. The van der Waals surface area contributed by atoms with Gasteiger partial charge in [0.25, 0.3) is 0 Å². The lowest BCUT2D eigenvalue weighted by molar-refractivity contribution is 0.415. The largest absolute Gasteiger partial charge is 0.367 e. The molecule has 1 fully saturated rings. The molecule has 1 aromatic carbocycles. The van der Waals surface area contributed by atoms with E-state index >= 15 is 0 Å². The third-order valence-corrected chi connectivity index (χ3v) is 4.22. The van der Waals surface area contributed by atoms with Crippen molar-refractivity contribution in [2.75, 3.05) is 18.0 Å². The second kappa shape index (κ2) is 5.10. The van der Waals surface area contributed by atoms with Crippen LogP contribution in [-0.4, -0.2) is 24.7 Å². The second-order valence-electron chi connectivity index (χ2n) is 5.96. The first-order valence-electron chi connectivity index (χ1n) is 6.67. The number of benzene rings is 1. The zero-order chi connectivity index (χ0) is 13.3. The van der Waals surface area contributed by atoms with Crippen molar-refractivity contribution in [3.8, 4) is 0 Å². The first-order chi connectivity index (χ1) is 8.41. The minimum Gasteiger partial charge on any atom is -0.367 e. The highest BCUT2D eigenvalue weighted by Gasteiger charge is 2.28. The zero-order valence-electron chi connectivity index (χ0n) is 11.8. The van der Waals surface area contributed by atoms with Gasteiger partial charge in [0.15, 0.2) is 0 Å². The molecule has 1 saturated heterocycles. The van der Waals surface area contributed by atoms with Gasteiger partial charge in [-0.1, -0.05) is 17.7 Å². The fourth-order valence-corrected chi connectivity index (χ4v) is 2.81. The van der Waals surface area contributed by atoms with Crippen molar-refractivity contribution in [3.63, 3.8) is 0 Å². The topological polar surface area (TPSA) is 15.3 Å². The van der Waals surface area contributed by atoms with Crippen LogP contribution >= 0.6 is 11.6 Å². The monoisotopic (exact) mass is 266 g/mol. The summed E-state index contributed by atoms with van der Waals surface area (Å²) >= 11 is 6.25. The number of nitrogens with zero attached hydrogens (tertiary/aromatic N) is 1. The smallest absolute Gasteiger partial charge is 0.0455 e. The van der Waals surface area contributed by atoms with E-state index < -0.39 is 0 Å². The van der Waals surface area contributed by atoms with Crippen molar-refractivity contribution >= 4 is 17.3 Å². The van der Waals surface area contributed by atoms with Crippen LogP contribution in [0.5, 0.6) is 0 Å². The maximum atomic E-state index is 6.25. The molecule has 2 rings (SSSR count). The Morgan fingerprint density at radius 3 is 2.83 bits per heavy atom. The van der Waals surface area contributed by atoms with Crippen molar-refractivity contribution in [2.45, 2.75) is 45.7 Å². The Morgan fingerprint density at radius 2 is 2.11 bits per heavy atom. The standard InChI is InChI=1S/C15H23ClN2/c1-11-8-9-17-15(3,4)10-18(11)14-7-5-6-13(16)12(14)2/h5-7,11,17H,8-10H2,1-4H3. The van der Waals surface area contributed by atoms with Crippen molar-refractivity contribution in [1.82, 2.24) is 5.32 Å². The third-order valence-electron chi connectivity index (χ3n) is 3.81. The van der Waals surface area contributed by atoms with E-state index in [0.29, 0.717) is 6.04 Å². The number of hydrogen-bond donors (Lipinski definition) is 1. The lowest BCUT2D eigenvalue weighted by Gasteiger charge is -2.36. The molecule has 0 radical (unpaired) electrons. The van der Waals surface area contributed by atoms with Gasteiger partial charge in [-0.25, -0.2) is 0 Å². The number of nitrogens with one attached hydrogen (secondary N) is 1. The first kappa shape index (κ1) is 13.7. The van der Waals surface area contributed by atoms with Crippen LogP contribution in [0, 0.1) is 6.92 Å². The SMILES string of the molecule is Cc1c(Cl)cccc1N1CC(C)(C)NCCC1C. The summed E-state index contributed by atoms with van der Waals surface area (Å²) in [5.74, 6) is 0. The van der Waals surface area contributed by atoms with E-state index in [9.17, 15) is 0 Å². The van der Waals surface area contributed by atoms with Crippen LogP contribution in [0.15, 0.2) is 18.2 Å². The molecule has 0 amide bonds. The average molecular weight is 267 g/mol. The minimum atomic E-state index is 0.138. The van der Waals surface area contributed by atoms with E-state index in [0.717, 1.165) is 24.5 Å². The maximum Gasteiger partial charge on any atom is 0.0455 e. The molecule has 1 N–H and O–H groups in total. The Kier molecular flexibility index (Phi) is 3.88. The number of hydrogen-bond acceptors (Lipinski definition) is 2. The molecule has 18 heavy (non-hydrogen) atoms. The Balaban J connectivity index is 2.37. The van der Waals surface area contributed by atoms with E-state index in [1.807, 2.05) is 12.1 Å². The highest BCUT2D eigenvalue weighted by atomic mass is 35.5. The Hall–Kier alpha value is -0.730. The quantitative estimate of drug-likeness (QED) is 0.835. The molecule has 1 heterocycles. The van der Waals surface area contributed by atoms with E-state index in [4.69, 9.17) is 11.6 Å². The van der Waals surface area contributed by atoms with Crippen molar-refractivity contribution < 1.29 is 0 Å². The highest BCUT2D eigenvalue weighted by molar-refractivity contribution is 6.31. The summed E-state index contributed by atoms with van der Waals surface area (Å²) < 4.78 is 0. The zero-order valence-corrected chi connectivity index (χ0v) is 12.5. The number of rotatable bonds is 1. The molecule has 0 aromatic heterocycles. The molecule has 0 saturated carbocycles. The van der Waals surface area contributed by atoms with Crippen LogP contribution < -0.4 is 10.2 Å². The molecule has 1 aliphatic rings. The van der Waals surface area contributed by atoms with Crippen molar-refractivity contribution in [1.29, 1.82) is 0 Å². The molecule has 1 unspecified atom stereocenters. The van der Waals surface area contributed by atoms with Crippen LogP contribution in [0.25, 0.3) is 0 Å². The fourth-order valence-electron chi connectivity index (χ4n) is 2.64. The molecule has 0 aliphatic carbocycles. The molecule has 1 aromatic rings. The summed E-state index contributed by atoms with van der Waals surface area (Å²) in [6, 6.07) is 6.73. The second-order valence-corrected chi connectivity index (χ2v) is 6.37. The van der Waals surface area contributed by atoms with Gasteiger partial charge in [-0.3, -0.25) is 0 Å². The van der Waals surface area contributed by atoms with Crippen LogP contribution in [-0.2, 0) is 0 Å². The highest BCUT2D eigenvalue weighted by Crippen LogP contribution is 2.30. The molecule has 100 valence electrons. The molecule has 3 heteroatoms. The third kappa shape index (κ3) is 2.81. The average Bonchev–Trinajstić information content (AvgIpc) is 2.42. The van der Waals surface area contributed by atoms with Gasteiger partial charge in [-0.15, -0.1) is 0 Å². The van der Waals surface area contributed by atoms with Gasteiger partial charge in [0.2, 0.25) is 0 Å². The van der Waals surface area contributed by atoms with Crippen molar-refractivity contribution in [2.24, 2.45) is 0 Å². The predicted octanol–water partition coefficient (Wildman–Crippen LogP) is 3.62. The molecule has 1 atom stereocenters. The number of halogens is 1. The van der Waals surface area contributed by atoms with Gasteiger partial charge in [-0.05, 0) is 58.4 Å². The van der Waals surface area contributed by atoms with Crippen LogP contribution in [0.4, 0.5) is 5.69 Å². The summed E-state index contributed by atoms with van der Waals surface area (Å²) in [7, 11) is 0. The first-order valence-corrected chi connectivity index (χ1v) is 7.05. The van der Waals surface area contributed by atoms with E-state index in [-0.39, 0.29) is 5.54 Å². The van der Waals surface area contributed by atoms with Gasteiger partial charge in [0.1, 0.15) is 0 Å². The van der Waals surface area contributed by atoms with E-state index in [2.05, 4.69) is 44.0 Å². The molecular weight excluding hydrogens is 244 g/mol. The molecular formula is C15H23ClN2. The molecule has 0 bridgehead atoms. The minimum absolute atomic E-state index is 0.138.